The molecule has 0 aliphatic rings. The van der Waals surface area contributed by atoms with Crippen molar-refractivity contribution in [1.29, 1.82) is 0 Å². The number of fused-ring (bicyclic) bond motifs is 1. The average Bonchev–Trinajstić information content (AvgIpc) is 2.91. The van der Waals surface area contributed by atoms with Gasteiger partial charge in [-0.2, -0.15) is 11.8 Å². The molecule has 0 bridgehead atoms. The van der Waals surface area contributed by atoms with Crippen LogP contribution in [-0.2, 0) is 0 Å². The van der Waals surface area contributed by atoms with Gasteiger partial charge in [-0.15, -0.1) is 0 Å². The quantitative estimate of drug-likeness (QED) is 0.821. The number of hydrogen-bond donors (Lipinski definition) is 2. The Balaban J connectivity index is 2.23. The van der Waals surface area contributed by atoms with E-state index in [1.165, 1.54) is 0 Å². The van der Waals surface area contributed by atoms with E-state index in [1.54, 1.807) is 6.20 Å². The first kappa shape index (κ1) is 15.0. The predicted octanol–water partition coefficient (Wildman–Crippen LogP) is 3.10. The summed E-state index contributed by atoms with van der Waals surface area (Å²) in [6.45, 7) is 8.34. The summed E-state index contributed by atoms with van der Waals surface area (Å²) in [5.41, 5.74) is 0.865. The Kier molecular flexibility index (Phi) is 4.75. The number of rotatable bonds is 7. The van der Waals surface area contributed by atoms with E-state index in [1.807, 2.05) is 28.6 Å². The molecular weight excluding hydrogens is 270 g/mol. The molecule has 6 heteroatoms. The summed E-state index contributed by atoms with van der Waals surface area (Å²) in [6, 6.07) is 0. The monoisotopic (exact) mass is 293 g/mol. The van der Waals surface area contributed by atoms with Gasteiger partial charge in [0.1, 0.15) is 5.82 Å². The van der Waals surface area contributed by atoms with Gasteiger partial charge in [-0.25, -0.2) is 9.97 Å². The largest absolute Gasteiger partial charge is 0.369 e. The number of thioether (sulfide) groups is 1. The Morgan fingerprint density at radius 1 is 1.35 bits per heavy atom. The number of anilines is 2. The van der Waals surface area contributed by atoms with Gasteiger partial charge in [0, 0.05) is 30.2 Å². The van der Waals surface area contributed by atoms with Crippen molar-refractivity contribution in [2.45, 2.75) is 31.9 Å². The first-order chi connectivity index (χ1) is 9.55. The average molecular weight is 293 g/mol. The van der Waals surface area contributed by atoms with Crippen molar-refractivity contribution in [3.05, 3.63) is 18.6 Å². The number of hydrogen-bond acceptors (Lipinski definition) is 5. The van der Waals surface area contributed by atoms with Gasteiger partial charge in [-0.3, -0.25) is 0 Å². The summed E-state index contributed by atoms with van der Waals surface area (Å²) in [5.74, 6) is 1.71. The minimum absolute atomic E-state index is 0.165. The Morgan fingerprint density at radius 2 is 2.15 bits per heavy atom. The Morgan fingerprint density at radius 3 is 2.85 bits per heavy atom. The summed E-state index contributed by atoms with van der Waals surface area (Å²) in [7, 11) is 0. The van der Waals surface area contributed by atoms with Crippen molar-refractivity contribution in [2.24, 2.45) is 0 Å². The van der Waals surface area contributed by atoms with Gasteiger partial charge >= 0.3 is 0 Å². The highest BCUT2D eigenvalue weighted by molar-refractivity contribution is 7.99. The van der Waals surface area contributed by atoms with Crippen molar-refractivity contribution in [3.8, 4) is 0 Å². The Labute approximate surface area is 124 Å². The third-order valence-electron chi connectivity index (χ3n) is 3.16. The summed E-state index contributed by atoms with van der Waals surface area (Å²) in [4.78, 5) is 9.00. The SMILES string of the molecule is CCCNc1cn2ccnc2c(NCC(C)(C)SC)n1. The summed E-state index contributed by atoms with van der Waals surface area (Å²) in [6.07, 6.45) is 8.92. The molecular formula is C14H23N5S. The highest BCUT2D eigenvalue weighted by atomic mass is 32.2. The molecule has 2 aromatic heterocycles. The molecule has 2 heterocycles. The van der Waals surface area contributed by atoms with Gasteiger partial charge in [-0.05, 0) is 26.5 Å². The van der Waals surface area contributed by atoms with Crippen LogP contribution in [0.3, 0.4) is 0 Å². The van der Waals surface area contributed by atoms with Gasteiger partial charge in [0.2, 0.25) is 0 Å². The van der Waals surface area contributed by atoms with E-state index in [9.17, 15) is 0 Å². The van der Waals surface area contributed by atoms with Crippen LogP contribution in [0, 0.1) is 0 Å². The van der Waals surface area contributed by atoms with Crippen LogP contribution >= 0.6 is 11.8 Å². The summed E-state index contributed by atoms with van der Waals surface area (Å²) >= 11 is 1.84. The second-order valence-electron chi connectivity index (χ2n) is 5.38. The molecule has 0 aromatic carbocycles. The maximum Gasteiger partial charge on any atom is 0.180 e. The van der Waals surface area contributed by atoms with Crippen molar-refractivity contribution >= 4 is 29.0 Å². The van der Waals surface area contributed by atoms with Crippen molar-refractivity contribution in [1.82, 2.24) is 14.4 Å². The molecule has 2 aromatic rings. The molecule has 0 fully saturated rings. The topological polar surface area (TPSA) is 54.2 Å². The number of nitrogens with zero attached hydrogens (tertiary/aromatic N) is 3. The molecule has 0 atom stereocenters. The smallest absolute Gasteiger partial charge is 0.180 e. The maximum absolute atomic E-state index is 4.63. The van der Waals surface area contributed by atoms with E-state index in [4.69, 9.17) is 0 Å². The molecule has 20 heavy (non-hydrogen) atoms. The van der Waals surface area contributed by atoms with Gasteiger partial charge in [0.25, 0.3) is 0 Å². The lowest BCUT2D eigenvalue weighted by atomic mass is 10.2. The molecule has 0 saturated heterocycles. The minimum atomic E-state index is 0.165. The van der Waals surface area contributed by atoms with E-state index in [2.05, 4.69) is 47.6 Å². The fraction of sp³-hybridized carbons (Fsp3) is 0.571. The fourth-order valence-corrected chi connectivity index (χ4v) is 1.97. The maximum atomic E-state index is 4.63. The first-order valence-corrected chi connectivity index (χ1v) is 8.15. The molecule has 110 valence electrons. The lowest BCUT2D eigenvalue weighted by molar-refractivity contribution is 0.750. The third-order valence-corrected chi connectivity index (χ3v) is 4.41. The Hall–Kier alpha value is -1.43. The zero-order chi connectivity index (χ0) is 14.6. The molecule has 0 aliphatic carbocycles. The first-order valence-electron chi connectivity index (χ1n) is 6.92. The molecule has 0 spiro atoms. The van der Waals surface area contributed by atoms with Crippen LogP contribution in [0.1, 0.15) is 27.2 Å². The molecule has 0 saturated carbocycles. The number of imidazole rings is 1. The Bertz CT molecular complexity index is 564. The van der Waals surface area contributed by atoms with E-state index in [-0.39, 0.29) is 4.75 Å². The molecule has 0 radical (unpaired) electrons. The third kappa shape index (κ3) is 3.56. The predicted molar refractivity (Wildman–Crippen MR) is 87.9 cm³/mol. The van der Waals surface area contributed by atoms with Crippen LogP contribution < -0.4 is 10.6 Å². The molecule has 0 amide bonds. The van der Waals surface area contributed by atoms with Crippen molar-refractivity contribution < 1.29 is 0 Å². The minimum Gasteiger partial charge on any atom is -0.369 e. The normalized spacial score (nSPS) is 11.8. The standard InChI is InChI=1S/C14H23N5S/c1-5-6-15-11-9-19-8-7-16-13(19)12(18-11)17-10-14(2,3)20-4/h7-9,15H,5-6,10H2,1-4H3,(H,17,18). The zero-order valence-electron chi connectivity index (χ0n) is 12.6. The van der Waals surface area contributed by atoms with Gasteiger partial charge in [-0.1, -0.05) is 6.92 Å². The molecule has 0 unspecified atom stereocenters. The van der Waals surface area contributed by atoms with E-state index in [0.717, 1.165) is 36.8 Å². The summed E-state index contributed by atoms with van der Waals surface area (Å²) in [5, 5.41) is 6.75. The number of aromatic nitrogens is 3. The molecule has 2 N–H and O–H groups in total. The van der Waals surface area contributed by atoms with Crippen LogP contribution in [-0.4, -0.2) is 38.5 Å². The lowest BCUT2D eigenvalue weighted by Crippen LogP contribution is -2.26. The highest BCUT2D eigenvalue weighted by Crippen LogP contribution is 2.23. The van der Waals surface area contributed by atoms with E-state index < -0.39 is 0 Å². The zero-order valence-corrected chi connectivity index (χ0v) is 13.4. The van der Waals surface area contributed by atoms with Crippen LogP contribution in [0.4, 0.5) is 11.6 Å². The van der Waals surface area contributed by atoms with E-state index in [0.29, 0.717) is 0 Å². The van der Waals surface area contributed by atoms with Crippen LogP contribution in [0.2, 0.25) is 0 Å². The second kappa shape index (κ2) is 6.35. The van der Waals surface area contributed by atoms with Gasteiger partial charge < -0.3 is 15.0 Å². The van der Waals surface area contributed by atoms with Gasteiger partial charge in [0.15, 0.2) is 11.5 Å². The van der Waals surface area contributed by atoms with Gasteiger partial charge in [0.05, 0.1) is 6.20 Å². The number of nitrogens with one attached hydrogen (secondary N) is 2. The van der Waals surface area contributed by atoms with Crippen LogP contribution in [0.25, 0.3) is 5.65 Å². The lowest BCUT2D eigenvalue weighted by Gasteiger charge is -2.22. The molecule has 2 rings (SSSR count). The van der Waals surface area contributed by atoms with E-state index >= 15 is 0 Å². The summed E-state index contributed by atoms with van der Waals surface area (Å²) < 4.78 is 2.16. The fourth-order valence-electron chi connectivity index (χ4n) is 1.76. The van der Waals surface area contributed by atoms with Crippen molar-refractivity contribution in [3.63, 3.8) is 0 Å². The molecule has 0 aliphatic heterocycles. The van der Waals surface area contributed by atoms with Crippen molar-refractivity contribution in [2.75, 3.05) is 30.0 Å². The van der Waals surface area contributed by atoms with Crippen LogP contribution in [0.5, 0.6) is 0 Å². The second-order valence-corrected chi connectivity index (χ2v) is 6.89. The highest BCUT2D eigenvalue weighted by Gasteiger charge is 2.17. The van der Waals surface area contributed by atoms with Crippen LogP contribution in [0.15, 0.2) is 18.6 Å². The molecule has 5 nitrogen and oxygen atoms in total.